The molecule has 0 bridgehead atoms. The smallest absolute Gasteiger partial charge is 0.409 e. The van der Waals surface area contributed by atoms with Gasteiger partial charge in [-0.15, -0.1) is 0 Å². The van der Waals surface area contributed by atoms with E-state index >= 15 is 0 Å². The molecule has 146 valence electrons. The maximum Gasteiger partial charge on any atom is 0.409 e. The largest absolute Gasteiger partial charge is 0.491 e. The number of rotatable bonds is 9. The number of hydrogen-bond donors (Lipinski definition) is 1. The first kappa shape index (κ1) is 21.0. The Kier molecular flexibility index (Phi) is 9.17. The predicted octanol–water partition coefficient (Wildman–Crippen LogP) is 1.98. The number of nitrogens with zero attached hydrogens (tertiary/aromatic N) is 2. The minimum atomic E-state index is -0.558. The van der Waals surface area contributed by atoms with E-state index < -0.39 is 6.10 Å². The van der Waals surface area contributed by atoms with Crippen LogP contribution < -0.4 is 4.74 Å². The molecule has 1 amide bonds. The van der Waals surface area contributed by atoms with Gasteiger partial charge in [0.15, 0.2) is 0 Å². The number of hydrogen-bond acceptors (Lipinski definition) is 6. The molecule has 0 spiro atoms. The van der Waals surface area contributed by atoms with Crippen LogP contribution in [0.4, 0.5) is 4.79 Å². The van der Waals surface area contributed by atoms with Crippen LogP contribution in [0.25, 0.3) is 0 Å². The van der Waals surface area contributed by atoms with Gasteiger partial charge in [-0.3, -0.25) is 4.90 Å². The Bertz CT molecular complexity index is 535. The number of amides is 1. The highest BCUT2D eigenvalue weighted by Gasteiger charge is 2.23. The summed E-state index contributed by atoms with van der Waals surface area (Å²) < 4.78 is 17.0. The standard InChI is InChI=1S/C18H27BrN2O5/c1-2-25-18(23)21-9-7-20(8-10-21)13-16(22)14-24-11-12-26-17-5-3-15(19)4-6-17/h3-6,16,22H,2,7-14H2,1H3. The summed E-state index contributed by atoms with van der Waals surface area (Å²) in [7, 11) is 0. The van der Waals surface area contributed by atoms with E-state index in [1.165, 1.54) is 0 Å². The molecule has 1 saturated heterocycles. The summed E-state index contributed by atoms with van der Waals surface area (Å²) in [5.74, 6) is 0.789. The molecule has 0 radical (unpaired) electrons. The number of aliphatic hydroxyl groups excluding tert-OH is 1. The van der Waals surface area contributed by atoms with E-state index in [2.05, 4.69) is 20.8 Å². The van der Waals surface area contributed by atoms with Crippen molar-refractivity contribution in [3.63, 3.8) is 0 Å². The zero-order chi connectivity index (χ0) is 18.8. The molecule has 8 heteroatoms. The quantitative estimate of drug-likeness (QED) is 0.603. The fourth-order valence-electron chi connectivity index (χ4n) is 2.65. The summed E-state index contributed by atoms with van der Waals surface area (Å²) in [6, 6.07) is 7.60. The molecule has 1 aromatic rings. The lowest BCUT2D eigenvalue weighted by Gasteiger charge is -2.34. The fourth-order valence-corrected chi connectivity index (χ4v) is 2.91. The Hall–Kier alpha value is -1.35. The van der Waals surface area contributed by atoms with Crippen molar-refractivity contribution >= 4 is 22.0 Å². The first-order valence-corrected chi connectivity index (χ1v) is 9.66. The number of carbonyl (C=O) groups excluding carboxylic acids is 1. The molecule has 1 atom stereocenters. The fraction of sp³-hybridized carbons (Fsp3) is 0.611. The molecule has 1 aromatic carbocycles. The lowest BCUT2D eigenvalue weighted by molar-refractivity contribution is -0.0000935. The van der Waals surface area contributed by atoms with Crippen LogP contribution in [0.2, 0.25) is 0 Å². The normalized spacial score (nSPS) is 16.3. The van der Waals surface area contributed by atoms with Crippen LogP contribution in [0, 0.1) is 0 Å². The number of halogens is 1. The van der Waals surface area contributed by atoms with E-state index in [-0.39, 0.29) is 12.7 Å². The van der Waals surface area contributed by atoms with E-state index in [0.717, 1.165) is 23.3 Å². The second-order valence-corrected chi connectivity index (χ2v) is 6.93. The minimum Gasteiger partial charge on any atom is -0.491 e. The molecule has 1 aliphatic heterocycles. The van der Waals surface area contributed by atoms with Crippen LogP contribution in [-0.2, 0) is 9.47 Å². The predicted molar refractivity (Wildman–Crippen MR) is 101 cm³/mol. The molecule has 1 unspecified atom stereocenters. The molecule has 1 fully saturated rings. The molecule has 0 saturated carbocycles. The van der Waals surface area contributed by atoms with Gasteiger partial charge in [-0.2, -0.15) is 0 Å². The minimum absolute atomic E-state index is 0.262. The maximum atomic E-state index is 11.7. The van der Waals surface area contributed by atoms with Gasteiger partial charge in [0.25, 0.3) is 0 Å². The third kappa shape index (κ3) is 7.49. The SMILES string of the molecule is CCOC(=O)N1CCN(CC(O)COCCOc2ccc(Br)cc2)CC1. The number of benzene rings is 1. The van der Waals surface area contributed by atoms with Crippen LogP contribution in [-0.4, -0.2) is 86.3 Å². The average molecular weight is 431 g/mol. The third-order valence-electron chi connectivity index (χ3n) is 3.99. The van der Waals surface area contributed by atoms with Crippen molar-refractivity contribution < 1.29 is 24.1 Å². The van der Waals surface area contributed by atoms with Crippen LogP contribution in [0.15, 0.2) is 28.7 Å². The van der Waals surface area contributed by atoms with E-state index in [0.29, 0.717) is 39.5 Å². The second-order valence-electron chi connectivity index (χ2n) is 6.02. The Morgan fingerprint density at radius 1 is 1.19 bits per heavy atom. The Morgan fingerprint density at radius 3 is 2.54 bits per heavy atom. The molecule has 1 heterocycles. The highest BCUT2D eigenvalue weighted by Crippen LogP contribution is 2.15. The van der Waals surface area contributed by atoms with Crippen molar-refractivity contribution in [2.75, 3.05) is 59.2 Å². The van der Waals surface area contributed by atoms with Gasteiger partial charge in [-0.05, 0) is 31.2 Å². The summed E-state index contributed by atoms with van der Waals surface area (Å²) in [5, 5.41) is 10.1. The van der Waals surface area contributed by atoms with Gasteiger partial charge in [0.05, 0.1) is 25.9 Å². The lowest BCUT2D eigenvalue weighted by Crippen LogP contribution is -2.51. The van der Waals surface area contributed by atoms with E-state index in [1.807, 2.05) is 24.3 Å². The molecule has 7 nitrogen and oxygen atoms in total. The summed E-state index contributed by atoms with van der Waals surface area (Å²) in [4.78, 5) is 15.5. The molecule has 1 aliphatic rings. The number of β-amino-alcohol motifs (C(OH)–C–C–N with tert-alkyl or cyclic N) is 1. The van der Waals surface area contributed by atoms with Crippen molar-refractivity contribution in [3.8, 4) is 5.75 Å². The lowest BCUT2D eigenvalue weighted by atomic mass is 10.3. The van der Waals surface area contributed by atoms with E-state index in [9.17, 15) is 9.90 Å². The van der Waals surface area contributed by atoms with Gasteiger partial charge >= 0.3 is 6.09 Å². The Labute approximate surface area is 162 Å². The molecule has 26 heavy (non-hydrogen) atoms. The van der Waals surface area contributed by atoms with Gasteiger partial charge in [0.2, 0.25) is 0 Å². The van der Waals surface area contributed by atoms with Gasteiger partial charge in [-0.1, -0.05) is 15.9 Å². The number of ether oxygens (including phenoxy) is 3. The molecule has 0 aromatic heterocycles. The zero-order valence-electron chi connectivity index (χ0n) is 15.1. The summed E-state index contributed by atoms with van der Waals surface area (Å²) in [6.45, 7) is 6.53. The van der Waals surface area contributed by atoms with Crippen molar-refractivity contribution in [2.24, 2.45) is 0 Å². The molecular weight excluding hydrogens is 404 g/mol. The van der Waals surface area contributed by atoms with Crippen LogP contribution >= 0.6 is 15.9 Å². The summed E-state index contributed by atoms with van der Waals surface area (Å²) in [5.41, 5.74) is 0. The maximum absolute atomic E-state index is 11.7. The molecule has 0 aliphatic carbocycles. The number of aliphatic hydroxyl groups is 1. The van der Waals surface area contributed by atoms with Gasteiger partial charge in [-0.25, -0.2) is 4.79 Å². The molecule has 2 rings (SSSR count). The van der Waals surface area contributed by atoms with Gasteiger partial charge in [0, 0.05) is 37.2 Å². The topological polar surface area (TPSA) is 71.5 Å². The van der Waals surface area contributed by atoms with E-state index in [1.54, 1.807) is 11.8 Å². The number of carbonyl (C=O) groups is 1. The third-order valence-corrected chi connectivity index (χ3v) is 4.52. The van der Waals surface area contributed by atoms with Gasteiger partial charge in [0.1, 0.15) is 12.4 Å². The molecular formula is C18H27BrN2O5. The Morgan fingerprint density at radius 2 is 1.88 bits per heavy atom. The van der Waals surface area contributed by atoms with Crippen molar-refractivity contribution in [1.82, 2.24) is 9.80 Å². The van der Waals surface area contributed by atoms with E-state index in [4.69, 9.17) is 14.2 Å². The first-order chi connectivity index (χ1) is 12.6. The van der Waals surface area contributed by atoms with Crippen molar-refractivity contribution in [1.29, 1.82) is 0 Å². The highest BCUT2D eigenvalue weighted by molar-refractivity contribution is 9.10. The summed E-state index contributed by atoms with van der Waals surface area (Å²) >= 11 is 3.37. The van der Waals surface area contributed by atoms with Crippen molar-refractivity contribution in [2.45, 2.75) is 13.0 Å². The molecule has 1 N–H and O–H groups in total. The average Bonchev–Trinajstić information content (AvgIpc) is 2.64. The number of piperazine rings is 1. The highest BCUT2D eigenvalue weighted by atomic mass is 79.9. The van der Waals surface area contributed by atoms with Crippen molar-refractivity contribution in [3.05, 3.63) is 28.7 Å². The van der Waals surface area contributed by atoms with Crippen LogP contribution in [0.3, 0.4) is 0 Å². The van der Waals surface area contributed by atoms with Gasteiger partial charge < -0.3 is 24.2 Å². The first-order valence-electron chi connectivity index (χ1n) is 8.86. The monoisotopic (exact) mass is 430 g/mol. The van der Waals surface area contributed by atoms with Crippen LogP contribution in [0.5, 0.6) is 5.75 Å². The Balaban J connectivity index is 1.53. The summed E-state index contributed by atoms with van der Waals surface area (Å²) in [6.07, 6.45) is -0.821. The zero-order valence-corrected chi connectivity index (χ0v) is 16.7. The van der Waals surface area contributed by atoms with Crippen LogP contribution in [0.1, 0.15) is 6.92 Å². The second kappa shape index (κ2) is 11.4.